The third-order valence-electron chi connectivity index (χ3n) is 5.83. The maximum atomic E-state index is 13.5. The summed E-state index contributed by atoms with van der Waals surface area (Å²) in [5, 5.41) is 12.4. The molecule has 142 valence electrons. The highest BCUT2D eigenvalue weighted by molar-refractivity contribution is 5.73. The molecule has 2 aliphatic carbocycles. The zero-order valence-electron chi connectivity index (χ0n) is 14.4. The van der Waals surface area contributed by atoms with E-state index in [0.717, 1.165) is 12.8 Å². The topological polar surface area (TPSA) is 102 Å². The fourth-order valence-corrected chi connectivity index (χ4v) is 4.13. The van der Waals surface area contributed by atoms with Crippen molar-refractivity contribution < 1.29 is 13.2 Å². The highest BCUT2D eigenvalue weighted by Gasteiger charge is 2.39. The Balaban J connectivity index is 1.50. The Morgan fingerprint density at radius 2 is 1.96 bits per heavy atom. The molecule has 3 aromatic heterocycles. The van der Waals surface area contributed by atoms with E-state index in [4.69, 9.17) is 4.42 Å². The van der Waals surface area contributed by atoms with Crippen molar-refractivity contribution in [1.29, 1.82) is 0 Å². The molecule has 0 spiro atoms. The van der Waals surface area contributed by atoms with E-state index in [1.165, 1.54) is 12.6 Å². The third-order valence-corrected chi connectivity index (χ3v) is 5.83. The number of alkyl halides is 2. The normalized spacial score (nSPS) is 25.6. The number of aromatic amines is 1. The van der Waals surface area contributed by atoms with Crippen molar-refractivity contribution in [1.82, 2.24) is 29.9 Å². The molecular formula is C17H18F2N6O2. The zero-order valence-corrected chi connectivity index (χ0v) is 14.4. The van der Waals surface area contributed by atoms with Crippen molar-refractivity contribution in [2.45, 2.75) is 62.3 Å². The fraction of sp³-hybridized carbons (Fsp3) is 0.588. The van der Waals surface area contributed by atoms with Crippen molar-refractivity contribution in [2.24, 2.45) is 0 Å². The minimum Gasteiger partial charge on any atom is -0.428 e. The Bertz CT molecular complexity index is 1020. The minimum atomic E-state index is -2.61. The number of nitrogens with zero attached hydrogens (tertiary/aromatic N) is 5. The van der Waals surface area contributed by atoms with Crippen LogP contribution in [0.1, 0.15) is 68.1 Å². The molecule has 2 saturated carbocycles. The molecule has 0 aliphatic heterocycles. The first kappa shape index (κ1) is 16.5. The average molecular weight is 376 g/mol. The maximum absolute atomic E-state index is 13.5. The van der Waals surface area contributed by atoms with Crippen molar-refractivity contribution in [3.05, 3.63) is 34.7 Å². The van der Waals surface area contributed by atoms with Crippen molar-refractivity contribution in [3.63, 3.8) is 0 Å². The molecule has 2 fully saturated rings. The van der Waals surface area contributed by atoms with Crippen LogP contribution in [0.4, 0.5) is 8.78 Å². The second-order valence-electron chi connectivity index (χ2n) is 7.43. The summed E-state index contributed by atoms with van der Waals surface area (Å²) >= 11 is 0. The molecule has 1 unspecified atom stereocenters. The second-order valence-corrected chi connectivity index (χ2v) is 7.43. The van der Waals surface area contributed by atoms with E-state index in [1.807, 2.05) is 0 Å². The lowest BCUT2D eigenvalue weighted by molar-refractivity contribution is -0.0446. The molecular weight excluding hydrogens is 358 g/mol. The lowest BCUT2D eigenvalue weighted by Gasteiger charge is -2.33. The first-order chi connectivity index (χ1) is 13.0. The summed E-state index contributed by atoms with van der Waals surface area (Å²) in [7, 11) is 0. The van der Waals surface area contributed by atoms with Gasteiger partial charge >= 0.3 is 0 Å². The van der Waals surface area contributed by atoms with Gasteiger partial charge in [0.05, 0.1) is 12.2 Å². The van der Waals surface area contributed by atoms with Gasteiger partial charge in [-0.15, -0.1) is 10.2 Å². The fourth-order valence-electron chi connectivity index (χ4n) is 4.13. The number of aromatic nitrogens is 6. The molecule has 8 nitrogen and oxygen atoms in total. The summed E-state index contributed by atoms with van der Waals surface area (Å²) < 4.78 is 33.9. The molecule has 2 aliphatic rings. The van der Waals surface area contributed by atoms with Gasteiger partial charge in [-0.05, 0) is 25.7 Å². The Morgan fingerprint density at radius 1 is 1.19 bits per heavy atom. The molecule has 10 heteroatoms. The number of fused-ring (bicyclic) bond motifs is 1. The Morgan fingerprint density at radius 3 is 2.63 bits per heavy atom. The van der Waals surface area contributed by atoms with E-state index in [2.05, 4.69) is 25.3 Å². The van der Waals surface area contributed by atoms with Crippen LogP contribution in [-0.2, 0) is 0 Å². The zero-order chi connectivity index (χ0) is 18.6. The van der Waals surface area contributed by atoms with Gasteiger partial charge in [-0.25, -0.2) is 18.4 Å². The van der Waals surface area contributed by atoms with Crippen molar-refractivity contribution in [2.75, 3.05) is 0 Å². The van der Waals surface area contributed by atoms with Crippen molar-refractivity contribution in [3.8, 4) is 0 Å². The number of nitrogens with one attached hydrogen (secondary N) is 1. The molecule has 0 aromatic carbocycles. The van der Waals surface area contributed by atoms with Gasteiger partial charge in [-0.3, -0.25) is 4.79 Å². The van der Waals surface area contributed by atoms with Crippen LogP contribution < -0.4 is 5.56 Å². The molecule has 27 heavy (non-hydrogen) atoms. The third kappa shape index (κ3) is 2.74. The highest BCUT2D eigenvalue weighted by atomic mass is 19.3. The van der Waals surface area contributed by atoms with E-state index in [1.54, 1.807) is 4.68 Å². The molecule has 3 aromatic rings. The number of H-pyrrole nitrogens is 1. The summed E-state index contributed by atoms with van der Waals surface area (Å²) in [5.41, 5.74) is 0.193. The summed E-state index contributed by atoms with van der Waals surface area (Å²) in [4.78, 5) is 20.0. The molecule has 1 N–H and O–H groups in total. The number of hydrogen-bond donors (Lipinski definition) is 1. The Hall–Kier alpha value is -2.65. The predicted octanol–water partition coefficient (Wildman–Crippen LogP) is 2.91. The molecule has 0 bridgehead atoms. The smallest absolute Gasteiger partial charge is 0.262 e. The van der Waals surface area contributed by atoms with Crippen LogP contribution in [0.25, 0.3) is 11.0 Å². The summed E-state index contributed by atoms with van der Waals surface area (Å²) in [6.45, 7) is 0. The van der Waals surface area contributed by atoms with E-state index in [9.17, 15) is 13.6 Å². The van der Waals surface area contributed by atoms with Crippen LogP contribution in [0.5, 0.6) is 0 Å². The minimum absolute atomic E-state index is 0.0124. The molecule has 0 amide bonds. The van der Waals surface area contributed by atoms with Gasteiger partial charge in [0, 0.05) is 24.7 Å². The van der Waals surface area contributed by atoms with Gasteiger partial charge in [-0.1, -0.05) is 0 Å². The predicted molar refractivity (Wildman–Crippen MR) is 89.6 cm³/mol. The Kier molecular flexibility index (Phi) is 3.63. The van der Waals surface area contributed by atoms with Crippen LogP contribution in [0.2, 0.25) is 0 Å². The number of rotatable bonds is 3. The molecule has 0 saturated heterocycles. The van der Waals surface area contributed by atoms with Gasteiger partial charge < -0.3 is 9.40 Å². The first-order valence-corrected chi connectivity index (χ1v) is 9.13. The molecule has 2 atom stereocenters. The average Bonchev–Trinajstić information content (AvgIpc) is 3.24. The number of hydrogen-bond acceptors (Lipinski definition) is 6. The highest BCUT2D eigenvalue weighted by Crippen LogP contribution is 2.47. The van der Waals surface area contributed by atoms with Crippen LogP contribution in [0.15, 0.2) is 21.8 Å². The first-order valence-electron chi connectivity index (χ1n) is 9.13. The van der Waals surface area contributed by atoms with Gasteiger partial charge in [0.15, 0.2) is 5.65 Å². The van der Waals surface area contributed by atoms with E-state index >= 15 is 0 Å². The van der Waals surface area contributed by atoms with E-state index in [-0.39, 0.29) is 36.3 Å². The molecule has 0 radical (unpaired) electrons. The van der Waals surface area contributed by atoms with E-state index < -0.39 is 5.92 Å². The van der Waals surface area contributed by atoms with Crippen LogP contribution in [0.3, 0.4) is 0 Å². The molecule has 3 heterocycles. The molecule has 5 rings (SSSR count). The summed E-state index contributed by atoms with van der Waals surface area (Å²) in [5.74, 6) is -1.50. The summed E-state index contributed by atoms with van der Waals surface area (Å²) in [6.07, 6.45) is 4.79. The van der Waals surface area contributed by atoms with E-state index in [0.29, 0.717) is 35.6 Å². The van der Waals surface area contributed by atoms with Gasteiger partial charge in [0.2, 0.25) is 18.2 Å². The van der Waals surface area contributed by atoms with Gasteiger partial charge in [-0.2, -0.15) is 5.10 Å². The van der Waals surface area contributed by atoms with Gasteiger partial charge in [0.1, 0.15) is 11.2 Å². The van der Waals surface area contributed by atoms with Gasteiger partial charge in [0.25, 0.3) is 5.56 Å². The van der Waals surface area contributed by atoms with Crippen molar-refractivity contribution >= 4 is 11.0 Å². The van der Waals surface area contributed by atoms with Crippen LogP contribution in [-0.4, -0.2) is 35.9 Å². The van der Waals surface area contributed by atoms with Crippen LogP contribution >= 0.6 is 0 Å². The summed E-state index contributed by atoms with van der Waals surface area (Å²) in [6, 6.07) is -0.169. The monoisotopic (exact) mass is 376 g/mol. The SMILES string of the molecule is O=c1[nH]c([C@@H]2CCC2c2nnco2)nc2c1cnn2C1CCC(F)(F)CC1. The lowest BCUT2D eigenvalue weighted by Crippen LogP contribution is -2.28. The largest absolute Gasteiger partial charge is 0.428 e. The van der Waals surface area contributed by atoms with Crippen LogP contribution in [0, 0.1) is 0 Å². The second kappa shape index (κ2) is 5.93. The number of halogens is 2. The Labute approximate surface area is 152 Å². The maximum Gasteiger partial charge on any atom is 0.262 e. The quantitative estimate of drug-likeness (QED) is 0.754. The standard InChI is InChI=1S/C17H18F2N6O2/c18-17(19)5-3-9(4-6-17)25-14-12(7-21-25)15(26)23-13(22-14)10-1-2-11(10)16-24-20-8-27-16/h7-11H,1-6H2,(H,22,23,26)/t10-,11?/m1/s1. The lowest BCUT2D eigenvalue weighted by atomic mass is 9.73.